The fraction of sp³-hybridized carbons (Fsp3) is 0.625. The van der Waals surface area contributed by atoms with E-state index in [9.17, 15) is 0 Å². The molecule has 0 spiro atoms. The van der Waals surface area contributed by atoms with Gasteiger partial charge in [0.1, 0.15) is 0 Å². The second-order valence-corrected chi connectivity index (χ2v) is 5.45. The van der Waals surface area contributed by atoms with E-state index in [-0.39, 0.29) is 0 Å². The second kappa shape index (κ2) is 6.80. The van der Waals surface area contributed by atoms with Crippen LogP contribution in [0.1, 0.15) is 51.8 Å². The Morgan fingerprint density at radius 3 is 2.06 bits per heavy atom. The number of rotatable bonds is 6. The van der Waals surface area contributed by atoms with E-state index < -0.39 is 0 Å². The van der Waals surface area contributed by atoms with Crippen molar-refractivity contribution in [3.63, 3.8) is 0 Å². The fourth-order valence-corrected chi connectivity index (χ4v) is 1.76. The van der Waals surface area contributed by atoms with Gasteiger partial charge < -0.3 is 5.32 Å². The Morgan fingerprint density at radius 1 is 1.00 bits per heavy atom. The smallest absolute Gasteiger partial charge is 0.0291 e. The number of aryl methyl sites for hydroxylation is 1. The minimum absolute atomic E-state index is 0.446. The fourth-order valence-electron chi connectivity index (χ4n) is 1.76. The van der Waals surface area contributed by atoms with Crippen LogP contribution in [0, 0.1) is 11.8 Å². The highest BCUT2D eigenvalue weighted by atomic mass is 14.9. The number of hydrogen-bond donors (Lipinski definition) is 1. The molecule has 1 rings (SSSR count). The Bertz CT molecular complexity index is 313. The van der Waals surface area contributed by atoms with Gasteiger partial charge in [-0.1, -0.05) is 52.0 Å². The van der Waals surface area contributed by atoms with Crippen LogP contribution >= 0.6 is 0 Å². The summed E-state index contributed by atoms with van der Waals surface area (Å²) in [6.07, 6.45) is 1.12. The zero-order valence-corrected chi connectivity index (χ0v) is 12.0. The maximum absolute atomic E-state index is 3.62. The normalized spacial score (nSPS) is 14.9. The number of benzene rings is 1. The molecule has 0 aromatic heterocycles. The topological polar surface area (TPSA) is 12.0 Å². The molecule has 1 nitrogen and oxygen atoms in total. The molecule has 17 heavy (non-hydrogen) atoms. The Kier molecular flexibility index (Phi) is 5.70. The van der Waals surface area contributed by atoms with Crippen LogP contribution in [0.2, 0.25) is 0 Å². The van der Waals surface area contributed by atoms with E-state index in [2.05, 4.69) is 64.2 Å². The molecule has 1 aromatic carbocycles. The summed E-state index contributed by atoms with van der Waals surface area (Å²) in [4.78, 5) is 0. The molecular weight excluding hydrogens is 206 g/mol. The third-order valence-electron chi connectivity index (χ3n) is 3.77. The summed E-state index contributed by atoms with van der Waals surface area (Å²) in [6, 6.07) is 9.41. The summed E-state index contributed by atoms with van der Waals surface area (Å²) in [5.41, 5.74) is 2.80. The minimum atomic E-state index is 0.446. The molecule has 0 aliphatic carbocycles. The largest absolute Gasteiger partial charge is 0.310 e. The summed E-state index contributed by atoms with van der Waals surface area (Å²) in [5.74, 6) is 1.48. The van der Waals surface area contributed by atoms with Crippen LogP contribution in [0.5, 0.6) is 0 Å². The minimum Gasteiger partial charge on any atom is -0.310 e. The maximum Gasteiger partial charge on any atom is 0.0291 e. The number of hydrogen-bond acceptors (Lipinski definition) is 1. The highest BCUT2D eigenvalue weighted by molar-refractivity contribution is 5.24. The van der Waals surface area contributed by atoms with Crippen molar-refractivity contribution < 1.29 is 0 Å². The van der Waals surface area contributed by atoms with Crippen molar-refractivity contribution in [2.24, 2.45) is 11.8 Å². The van der Waals surface area contributed by atoms with Crippen molar-refractivity contribution in [2.75, 3.05) is 6.54 Å². The van der Waals surface area contributed by atoms with Crippen molar-refractivity contribution >= 4 is 0 Å². The monoisotopic (exact) mass is 233 g/mol. The molecule has 0 amide bonds. The molecule has 0 radical (unpaired) electrons. The molecule has 1 N–H and O–H groups in total. The van der Waals surface area contributed by atoms with Crippen LogP contribution in [0.4, 0.5) is 0 Å². The van der Waals surface area contributed by atoms with Gasteiger partial charge in [0.25, 0.3) is 0 Å². The summed E-state index contributed by atoms with van der Waals surface area (Å²) < 4.78 is 0. The van der Waals surface area contributed by atoms with Gasteiger partial charge in [0.15, 0.2) is 0 Å². The van der Waals surface area contributed by atoms with Crippen LogP contribution in [0.3, 0.4) is 0 Å². The molecule has 0 bridgehead atoms. The molecule has 1 aromatic rings. The summed E-state index contributed by atoms with van der Waals surface area (Å²) in [7, 11) is 0. The average molecular weight is 233 g/mol. The Morgan fingerprint density at radius 2 is 1.59 bits per heavy atom. The molecule has 1 heteroatoms. The highest BCUT2D eigenvalue weighted by Crippen LogP contribution is 2.15. The molecule has 0 heterocycles. The third kappa shape index (κ3) is 4.51. The predicted molar refractivity (Wildman–Crippen MR) is 76.2 cm³/mol. The molecule has 0 fully saturated rings. The van der Waals surface area contributed by atoms with E-state index in [0.717, 1.165) is 24.8 Å². The lowest BCUT2D eigenvalue weighted by Crippen LogP contribution is -2.26. The molecule has 2 atom stereocenters. The zero-order chi connectivity index (χ0) is 12.8. The third-order valence-corrected chi connectivity index (χ3v) is 3.77. The van der Waals surface area contributed by atoms with Gasteiger partial charge in [-0.2, -0.15) is 0 Å². The summed E-state index contributed by atoms with van der Waals surface area (Å²) >= 11 is 0. The van der Waals surface area contributed by atoms with E-state index in [4.69, 9.17) is 0 Å². The van der Waals surface area contributed by atoms with Crippen LogP contribution in [-0.4, -0.2) is 6.54 Å². The average Bonchev–Trinajstić information content (AvgIpc) is 2.35. The molecule has 0 aliphatic heterocycles. The summed E-state index contributed by atoms with van der Waals surface area (Å²) in [5, 5.41) is 3.62. The van der Waals surface area contributed by atoms with Gasteiger partial charge in [-0.25, -0.2) is 0 Å². The number of nitrogens with one attached hydrogen (secondary N) is 1. The van der Waals surface area contributed by atoms with Gasteiger partial charge in [0.2, 0.25) is 0 Å². The Balaban J connectivity index is 2.48. The lowest BCUT2D eigenvalue weighted by Gasteiger charge is -2.20. The standard InChI is InChI=1S/C16H27N/c1-6-15-7-9-16(10-8-15)14(5)17-11-13(4)12(2)3/h7-10,12-14,17H,6,11H2,1-5H3. The van der Waals surface area contributed by atoms with E-state index in [0.29, 0.717) is 6.04 Å². The van der Waals surface area contributed by atoms with Crippen LogP contribution in [0.25, 0.3) is 0 Å². The van der Waals surface area contributed by atoms with Crippen molar-refractivity contribution in [2.45, 2.75) is 47.1 Å². The van der Waals surface area contributed by atoms with E-state index in [1.54, 1.807) is 0 Å². The van der Waals surface area contributed by atoms with Crippen molar-refractivity contribution in [1.82, 2.24) is 5.32 Å². The van der Waals surface area contributed by atoms with Gasteiger partial charge in [-0.15, -0.1) is 0 Å². The molecule has 2 unspecified atom stereocenters. The molecular formula is C16H27N. The van der Waals surface area contributed by atoms with Gasteiger partial charge in [0, 0.05) is 6.04 Å². The maximum atomic E-state index is 3.62. The van der Waals surface area contributed by atoms with E-state index in [1.807, 2.05) is 0 Å². The van der Waals surface area contributed by atoms with Crippen molar-refractivity contribution in [3.8, 4) is 0 Å². The van der Waals surface area contributed by atoms with Gasteiger partial charge in [-0.3, -0.25) is 0 Å². The van der Waals surface area contributed by atoms with Crippen LogP contribution in [0.15, 0.2) is 24.3 Å². The lowest BCUT2D eigenvalue weighted by molar-refractivity contribution is 0.375. The van der Waals surface area contributed by atoms with Gasteiger partial charge in [-0.05, 0) is 42.9 Å². The quantitative estimate of drug-likeness (QED) is 0.777. The first kappa shape index (κ1) is 14.2. The van der Waals surface area contributed by atoms with Crippen molar-refractivity contribution in [1.29, 1.82) is 0 Å². The summed E-state index contributed by atoms with van der Waals surface area (Å²) in [6.45, 7) is 12.4. The lowest BCUT2D eigenvalue weighted by atomic mass is 9.97. The van der Waals surface area contributed by atoms with E-state index in [1.165, 1.54) is 11.1 Å². The predicted octanol–water partition coefficient (Wildman–Crippen LogP) is 4.19. The first-order valence-electron chi connectivity index (χ1n) is 6.86. The first-order chi connectivity index (χ1) is 8.04. The molecule has 0 saturated heterocycles. The Hall–Kier alpha value is -0.820. The van der Waals surface area contributed by atoms with E-state index >= 15 is 0 Å². The zero-order valence-electron chi connectivity index (χ0n) is 12.0. The van der Waals surface area contributed by atoms with Crippen LogP contribution < -0.4 is 5.32 Å². The Labute approximate surface area is 107 Å². The molecule has 0 saturated carbocycles. The highest BCUT2D eigenvalue weighted by Gasteiger charge is 2.09. The van der Waals surface area contributed by atoms with Gasteiger partial charge in [0.05, 0.1) is 0 Å². The molecule has 0 aliphatic rings. The van der Waals surface area contributed by atoms with Crippen LogP contribution in [-0.2, 0) is 6.42 Å². The molecule has 96 valence electrons. The second-order valence-electron chi connectivity index (χ2n) is 5.45. The first-order valence-corrected chi connectivity index (χ1v) is 6.86. The van der Waals surface area contributed by atoms with Crippen molar-refractivity contribution in [3.05, 3.63) is 35.4 Å². The SMILES string of the molecule is CCc1ccc(C(C)NCC(C)C(C)C)cc1. The van der Waals surface area contributed by atoms with Gasteiger partial charge >= 0.3 is 0 Å².